The van der Waals surface area contributed by atoms with E-state index in [4.69, 9.17) is 0 Å². The molecule has 0 N–H and O–H groups in total. The molecule has 1 aromatic rings. The zero-order valence-corrected chi connectivity index (χ0v) is 8.58. The molecule has 13 heavy (non-hydrogen) atoms. The Labute approximate surface area is 79.6 Å². The molecule has 1 heterocycles. The Bertz CT molecular complexity index is 284. The van der Waals surface area contributed by atoms with Gasteiger partial charge in [0.1, 0.15) is 0 Å². The summed E-state index contributed by atoms with van der Waals surface area (Å²) in [5, 5.41) is 0. The van der Waals surface area contributed by atoms with Gasteiger partial charge in [0.2, 0.25) is 0 Å². The van der Waals surface area contributed by atoms with Crippen LogP contribution in [0.5, 0.6) is 0 Å². The number of aryl methyl sites for hydroxylation is 1. The Morgan fingerprint density at radius 3 is 2.46 bits per heavy atom. The molecule has 1 rings (SSSR count). The highest BCUT2D eigenvalue weighted by atomic mass is 16.1. The number of nitrogens with zero attached hydrogens (tertiary/aromatic N) is 1. The molecule has 2 nitrogen and oxygen atoms in total. The molecule has 0 saturated heterocycles. The maximum absolute atomic E-state index is 11.9. The molecular weight excluding hydrogens is 162 g/mol. The predicted octanol–water partition coefficient (Wildman–Crippen LogP) is 2.64. The summed E-state index contributed by atoms with van der Waals surface area (Å²) >= 11 is 0. The van der Waals surface area contributed by atoms with E-state index in [1.807, 2.05) is 29.9 Å². The van der Waals surface area contributed by atoms with Gasteiger partial charge in [-0.2, -0.15) is 0 Å². The molecular formula is C11H17NO. The van der Waals surface area contributed by atoms with Crippen LogP contribution in [0.1, 0.15) is 37.2 Å². The smallest absolute Gasteiger partial charge is 0.182 e. The van der Waals surface area contributed by atoms with Crippen molar-refractivity contribution in [3.63, 3.8) is 0 Å². The molecule has 2 heteroatoms. The van der Waals surface area contributed by atoms with Gasteiger partial charge in [-0.05, 0) is 25.0 Å². The van der Waals surface area contributed by atoms with Gasteiger partial charge in [0.25, 0.3) is 0 Å². The van der Waals surface area contributed by atoms with E-state index < -0.39 is 0 Å². The van der Waals surface area contributed by atoms with Crippen molar-refractivity contribution in [3.8, 4) is 0 Å². The van der Waals surface area contributed by atoms with Gasteiger partial charge in [-0.15, -0.1) is 0 Å². The third kappa shape index (κ3) is 2.00. The molecule has 0 unspecified atom stereocenters. The lowest BCUT2D eigenvalue weighted by atomic mass is 9.96. The van der Waals surface area contributed by atoms with Crippen LogP contribution in [0.3, 0.4) is 0 Å². The fraction of sp³-hybridized carbons (Fsp3) is 0.545. The van der Waals surface area contributed by atoms with Crippen LogP contribution >= 0.6 is 0 Å². The summed E-state index contributed by atoms with van der Waals surface area (Å²) in [7, 11) is 1.91. The maximum atomic E-state index is 11.9. The van der Waals surface area contributed by atoms with Crippen LogP contribution in [-0.4, -0.2) is 10.4 Å². The summed E-state index contributed by atoms with van der Waals surface area (Å²) < 4.78 is 1.89. The van der Waals surface area contributed by atoms with Gasteiger partial charge in [-0.1, -0.05) is 13.8 Å². The minimum atomic E-state index is 0.189. The number of rotatable bonds is 4. The highest BCUT2D eigenvalue weighted by molar-refractivity contribution is 5.96. The largest absolute Gasteiger partial charge is 0.348 e. The van der Waals surface area contributed by atoms with Gasteiger partial charge in [0, 0.05) is 19.2 Å². The fourth-order valence-corrected chi connectivity index (χ4v) is 1.59. The van der Waals surface area contributed by atoms with E-state index in [-0.39, 0.29) is 11.7 Å². The molecule has 0 amide bonds. The van der Waals surface area contributed by atoms with Crippen LogP contribution < -0.4 is 0 Å². The quantitative estimate of drug-likeness (QED) is 0.651. The van der Waals surface area contributed by atoms with E-state index in [1.165, 1.54) is 0 Å². The van der Waals surface area contributed by atoms with Gasteiger partial charge in [-0.3, -0.25) is 4.79 Å². The van der Waals surface area contributed by atoms with Gasteiger partial charge < -0.3 is 4.57 Å². The Balaban J connectivity index is 2.84. The van der Waals surface area contributed by atoms with Crippen molar-refractivity contribution in [1.29, 1.82) is 0 Å². The average Bonchev–Trinajstić information content (AvgIpc) is 2.53. The fourth-order valence-electron chi connectivity index (χ4n) is 1.59. The molecule has 0 aliphatic heterocycles. The number of aromatic nitrogens is 1. The second-order valence-corrected chi connectivity index (χ2v) is 3.38. The van der Waals surface area contributed by atoms with Crippen LogP contribution in [0.25, 0.3) is 0 Å². The highest BCUT2D eigenvalue weighted by Crippen LogP contribution is 2.15. The molecule has 0 saturated carbocycles. The van der Waals surface area contributed by atoms with Crippen LogP contribution in [-0.2, 0) is 7.05 Å². The first-order valence-corrected chi connectivity index (χ1v) is 4.86. The minimum Gasteiger partial charge on any atom is -0.348 e. The topological polar surface area (TPSA) is 22.0 Å². The number of carbonyl (C=O) groups is 1. The molecule has 0 aliphatic carbocycles. The number of hydrogen-bond acceptors (Lipinski definition) is 1. The first-order chi connectivity index (χ1) is 6.20. The highest BCUT2D eigenvalue weighted by Gasteiger charge is 2.17. The number of Topliss-reactive ketones (excluding diaryl/α,β-unsaturated/α-hetero) is 1. The van der Waals surface area contributed by atoms with E-state index in [0.29, 0.717) is 0 Å². The Kier molecular flexibility index (Phi) is 3.29. The van der Waals surface area contributed by atoms with Gasteiger partial charge >= 0.3 is 0 Å². The first-order valence-electron chi connectivity index (χ1n) is 4.86. The van der Waals surface area contributed by atoms with Crippen LogP contribution in [0.15, 0.2) is 18.3 Å². The van der Waals surface area contributed by atoms with Gasteiger partial charge in [0.15, 0.2) is 5.78 Å². The molecule has 0 aliphatic rings. The number of ketones is 1. The summed E-state index contributed by atoms with van der Waals surface area (Å²) in [5.41, 5.74) is 0.828. The number of carbonyl (C=O) groups excluding carboxylic acids is 1. The van der Waals surface area contributed by atoms with Crippen molar-refractivity contribution < 1.29 is 4.79 Å². The minimum absolute atomic E-state index is 0.189. The molecule has 0 bridgehead atoms. The zero-order valence-electron chi connectivity index (χ0n) is 8.58. The Hall–Kier alpha value is -1.05. The third-order valence-electron chi connectivity index (χ3n) is 2.55. The van der Waals surface area contributed by atoms with E-state index in [9.17, 15) is 4.79 Å². The van der Waals surface area contributed by atoms with Crippen molar-refractivity contribution in [2.75, 3.05) is 0 Å². The third-order valence-corrected chi connectivity index (χ3v) is 2.55. The van der Waals surface area contributed by atoms with Crippen LogP contribution in [0.2, 0.25) is 0 Å². The van der Waals surface area contributed by atoms with Gasteiger partial charge in [-0.25, -0.2) is 0 Å². The van der Waals surface area contributed by atoms with Crippen molar-refractivity contribution >= 4 is 5.78 Å². The van der Waals surface area contributed by atoms with E-state index >= 15 is 0 Å². The van der Waals surface area contributed by atoms with Crippen molar-refractivity contribution in [1.82, 2.24) is 4.57 Å². The molecule has 72 valence electrons. The zero-order chi connectivity index (χ0) is 9.84. The Morgan fingerprint density at radius 1 is 1.46 bits per heavy atom. The lowest BCUT2D eigenvalue weighted by Gasteiger charge is -2.11. The maximum Gasteiger partial charge on any atom is 0.182 e. The average molecular weight is 179 g/mol. The summed E-state index contributed by atoms with van der Waals surface area (Å²) in [6.07, 6.45) is 3.77. The van der Waals surface area contributed by atoms with Crippen LogP contribution in [0.4, 0.5) is 0 Å². The van der Waals surface area contributed by atoms with Crippen LogP contribution in [0, 0.1) is 5.92 Å². The van der Waals surface area contributed by atoms with Crippen molar-refractivity contribution in [2.45, 2.75) is 26.7 Å². The van der Waals surface area contributed by atoms with E-state index in [1.54, 1.807) is 0 Å². The molecule has 0 fully saturated rings. The number of hydrogen-bond donors (Lipinski definition) is 0. The predicted molar refractivity (Wildman–Crippen MR) is 53.8 cm³/mol. The molecule has 1 aromatic heterocycles. The Morgan fingerprint density at radius 2 is 2.08 bits per heavy atom. The summed E-state index contributed by atoms with van der Waals surface area (Å²) in [6, 6.07) is 3.80. The molecule has 0 aromatic carbocycles. The second-order valence-electron chi connectivity index (χ2n) is 3.38. The van der Waals surface area contributed by atoms with Gasteiger partial charge in [0.05, 0.1) is 5.69 Å². The first kappa shape index (κ1) is 10.0. The second kappa shape index (κ2) is 4.26. The summed E-state index contributed by atoms with van der Waals surface area (Å²) in [5.74, 6) is 0.464. The summed E-state index contributed by atoms with van der Waals surface area (Å²) in [6.45, 7) is 4.13. The standard InChI is InChI=1S/C11H17NO/c1-4-9(5-2)11(13)10-7-6-8-12(10)3/h6-9H,4-5H2,1-3H3. The monoisotopic (exact) mass is 179 g/mol. The van der Waals surface area contributed by atoms with E-state index in [2.05, 4.69) is 13.8 Å². The molecule has 0 atom stereocenters. The van der Waals surface area contributed by atoms with E-state index in [0.717, 1.165) is 18.5 Å². The summed E-state index contributed by atoms with van der Waals surface area (Å²) in [4.78, 5) is 11.9. The van der Waals surface area contributed by atoms with Crippen molar-refractivity contribution in [3.05, 3.63) is 24.0 Å². The normalized spacial score (nSPS) is 10.8. The molecule has 0 spiro atoms. The van der Waals surface area contributed by atoms with Crippen molar-refractivity contribution in [2.24, 2.45) is 13.0 Å². The molecule has 0 radical (unpaired) electrons. The lowest BCUT2D eigenvalue weighted by molar-refractivity contribution is 0.0905. The lowest BCUT2D eigenvalue weighted by Crippen LogP contribution is -2.15. The SMILES string of the molecule is CCC(CC)C(=O)c1cccn1C.